The minimum atomic E-state index is -0.0711. The lowest BCUT2D eigenvalue weighted by Crippen LogP contribution is -2.40. The highest BCUT2D eigenvalue weighted by Crippen LogP contribution is 2.32. The van der Waals surface area contributed by atoms with Gasteiger partial charge in [-0.25, -0.2) is 4.98 Å². The molecule has 6 nitrogen and oxygen atoms in total. The third kappa shape index (κ3) is 4.31. The largest absolute Gasteiger partial charge is 0.383 e. The van der Waals surface area contributed by atoms with Crippen LogP contribution in [-0.2, 0) is 22.4 Å². The average molecular weight is 440 g/mol. The molecule has 1 aliphatic heterocycles. The van der Waals surface area contributed by atoms with Crippen molar-refractivity contribution in [3.05, 3.63) is 44.3 Å². The summed E-state index contributed by atoms with van der Waals surface area (Å²) >= 11 is 12.5. The lowest BCUT2D eigenvalue weighted by molar-refractivity contribution is 0.111. The number of halogens is 2. The molecule has 1 aromatic carbocycles. The molecule has 3 rings (SSSR count). The third-order valence-electron chi connectivity index (χ3n) is 5.40. The number of hydrogen-bond acceptors (Lipinski definition) is 5. The zero-order valence-corrected chi connectivity index (χ0v) is 18.8. The van der Waals surface area contributed by atoms with Gasteiger partial charge >= 0.3 is 0 Å². The van der Waals surface area contributed by atoms with Crippen molar-refractivity contribution in [1.82, 2.24) is 9.55 Å². The molecule has 0 N–H and O–H groups in total. The smallest absolute Gasteiger partial charge is 0.277 e. The number of nitrogens with zero attached hydrogens (tertiary/aromatic N) is 3. The summed E-state index contributed by atoms with van der Waals surface area (Å²) in [5.41, 5.74) is 2.00. The van der Waals surface area contributed by atoms with Crippen LogP contribution < -0.4 is 10.5 Å². The summed E-state index contributed by atoms with van der Waals surface area (Å²) in [6.45, 7) is 5.58. The van der Waals surface area contributed by atoms with Crippen LogP contribution in [0.1, 0.15) is 26.0 Å². The number of methoxy groups -OCH3 is 2. The van der Waals surface area contributed by atoms with E-state index in [-0.39, 0.29) is 17.7 Å². The van der Waals surface area contributed by atoms with E-state index < -0.39 is 0 Å². The number of rotatable bonds is 7. The summed E-state index contributed by atoms with van der Waals surface area (Å²) in [4.78, 5) is 20.6. The Morgan fingerprint density at radius 1 is 1.24 bits per heavy atom. The van der Waals surface area contributed by atoms with Crippen LogP contribution in [0.2, 0.25) is 10.0 Å². The maximum atomic E-state index is 13.6. The Hall–Kier alpha value is -1.60. The molecule has 0 bridgehead atoms. The molecule has 2 heterocycles. The van der Waals surface area contributed by atoms with Crippen molar-refractivity contribution in [2.24, 2.45) is 0 Å². The van der Waals surface area contributed by atoms with E-state index in [1.165, 1.54) is 0 Å². The first-order chi connectivity index (χ1) is 13.9. The maximum Gasteiger partial charge on any atom is 0.277 e. The number of anilines is 1. The predicted molar refractivity (Wildman–Crippen MR) is 117 cm³/mol. The molecule has 0 amide bonds. The van der Waals surface area contributed by atoms with Crippen molar-refractivity contribution in [2.45, 2.75) is 45.4 Å². The first-order valence-electron chi connectivity index (χ1n) is 9.82. The molecule has 1 fully saturated rings. The topological polar surface area (TPSA) is 56.6 Å². The fourth-order valence-electron chi connectivity index (χ4n) is 3.96. The number of hydrogen-bond donors (Lipinski definition) is 0. The molecule has 1 aliphatic rings. The molecule has 0 aliphatic carbocycles. The van der Waals surface area contributed by atoms with Crippen LogP contribution in [0.5, 0.6) is 0 Å². The van der Waals surface area contributed by atoms with Crippen molar-refractivity contribution < 1.29 is 9.47 Å². The molecule has 1 saturated heterocycles. The van der Waals surface area contributed by atoms with Crippen LogP contribution in [0.4, 0.5) is 5.69 Å². The van der Waals surface area contributed by atoms with E-state index in [1.54, 1.807) is 30.9 Å². The van der Waals surface area contributed by atoms with E-state index in [2.05, 4.69) is 4.90 Å². The predicted octanol–water partition coefficient (Wildman–Crippen LogP) is 4.04. The monoisotopic (exact) mass is 439 g/mol. The normalized spacial score (nSPS) is 19.2. The first-order valence-corrected chi connectivity index (χ1v) is 10.6. The van der Waals surface area contributed by atoms with Gasteiger partial charge in [-0.05, 0) is 38.0 Å². The number of ether oxygens (including phenoxy) is 2. The molecule has 1 aromatic heterocycles. The van der Waals surface area contributed by atoms with Gasteiger partial charge in [0.05, 0.1) is 29.5 Å². The molecule has 0 saturated carbocycles. The van der Waals surface area contributed by atoms with Crippen LogP contribution in [0.25, 0.3) is 11.4 Å². The highest BCUT2D eigenvalue weighted by atomic mass is 35.5. The van der Waals surface area contributed by atoms with Gasteiger partial charge < -0.3 is 14.4 Å². The van der Waals surface area contributed by atoms with E-state index in [4.69, 9.17) is 37.7 Å². The summed E-state index contributed by atoms with van der Waals surface area (Å²) in [6, 6.07) is 5.30. The maximum absolute atomic E-state index is 13.6. The van der Waals surface area contributed by atoms with Crippen LogP contribution in [-0.4, -0.2) is 49.1 Å². The van der Waals surface area contributed by atoms with E-state index in [0.717, 1.165) is 12.1 Å². The second kappa shape index (κ2) is 9.47. The van der Waals surface area contributed by atoms with Crippen LogP contribution in [0.3, 0.4) is 0 Å². The van der Waals surface area contributed by atoms with Crippen LogP contribution >= 0.6 is 23.2 Å². The molecule has 158 valence electrons. The third-order valence-corrected chi connectivity index (χ3v) is 5.94. The van der Waals surface area contributed by atoms with Gasteiger partial charge in [-0.15, -0.1) is 0 Å². The second-order valence-corrected chi connectivity index (χ2v) is 7.96. The Bertz CT molecular complexity index is 932. The van der Waals surface area contributed by atoms with Gasteiger partial charge in [0.15, 0.2) is 0 Å². The molecule has 0 spiro atoms. The minimum Gasteiger partial charge on any atom is -0.383 e. The molecular weight excluding hydrogens is 413 g/mol. The van der Waals surface area contributed by atoms with Gasteiger partial charge in [-0.3, -0.25) is 9.36 Å². The van der Waals surface area contributed by atoms with Gasteiger partial charge in [-0.1, -0.05) is 30.1 Å². The Labute approximate surface area is 181 Å². The Morgan fingerprint density at radius 2 is 2.00 bits per heavy atom. The molecule has 8 heteroatoms. The van der Waals surface area contributed by atoms with Gasteiger partial charge in [-0.2, -0.15) is 0 Å². The van der Waals surface area contributed by atoms with Gasteiger partial charge in [0.25, 0.3) is 5.56 Å². The molecule has 2 aromatic rings. The number of aryl methyl sites for hydroxylation is 1. The lowest BCUT2D eigenvalue weighted by atomic mass is 10.1. The molecule has 2 atom stereocenters. The fourth-order valence-corrected chi connectivity index (χ4v) is 4.46. The van der Waals surface area contributed by atoms with Gasteiger partial charge in [0.1, 0.15) is 11.5 Å². The number of benzene rings is 1. The number of aromatic nitrogens is 2. The summed E-state index contributed by atoms with van der Waals surface area (Å²) < 4.78 is 12.7. The van der Waals surface area contributed by atoms with E-state index in [9.17, 15) is 4.79 Å². The Balaban J connectivity index is 2.18. The molecule has 0 unspecified atom stereocenters. The average Bonchev–Trinajstić information content (AvgIpc) is 3.10. The van der Waals surface area contributed by atoms with Crippen molar-refractivity contribution >= 4 is 28.9 Å². The van der Waals surface area contributed by atoms with Gasteiger partial charge in [0, 0.05) is 37.9 Å². The zero-order valence-electron chi connectivity index (χ0n) is 17.2. The summed E-state index contributed by atoms with van der Waals surface area (Å²) in [7, 11) is 3.38. The summed E-state index contributed by atoms with van der Waals surface area (Å²) in [5.74, 6) is 0.561. The molecule has 0 radical (unpaired) electrons. The van der Waals surface area contributed by atoms with Crippen LogP contribution in [0.15, 0.2) is 23.0 Å². The Morgan fingerprint density at radius 3 is 2.59 bits per heavy atom. The van der Waals surface area contributed by atoms with Crippen molar-refractivity contribution in [2.75, 3.05) is 32.3 Å². The zero-order chi connectivity index (χ0) is 21.1. The summed E-state index contributed by atoms with van der Waals surface area (Å²) in [5, 5.41) is 1.01. The van der Waals surface area contributed by atoms with E-state index in [0.29, 0.717) is 53.2 Å². The highest BCUT2D eigenvalue weighted by molar-refractivity contribution is 6.36. The Kier molecular flexibility index (Phi) is 7.22. The minimum absolute atomic E-state index is 0.0553. The van der Waals surface area contributed by atoms with E-state index in [1.807, 2.05) is 19.9 Å². The SMILES string of the molecule is CCc1nc(-c2ccc(Cl)cc2Cl)n(CC)c(=O)c1N1C[C@H](OC)C[C@H]1COC. The molecule has 29 heavy (non-hydrogen) atoms. The van der Waals surface area contributed by atoms with E-state index >= 15 is 0 Å². The first kappa shape index (κ1) is 22.1. The fraction of sp³-hybridized carbons (Fsp3) is 0.524. The second-order valence-electron chi connectivity index (χ2n) is 7.11. The van der Waals surface area contributed by atoms with Crippen molar-refractivity contribution in [1.29, 1.82) is 0 Å². The summed E-state index contributed by atoms with van der Waals surface area (Å²) in [6.07, 6.45) is 1.49. The van der Waals surface area contributed by atoms with Crippen molar-refractivity contribution in [3.8, 4) is 11.4 Å². The van der Waals surface area contributed by atoms with Gasteiger partial charge in [0.2, 0.25) is 0 Å². The lowest BCUT2D eigenvalue weighted by Gasteiger charge is -2.28. The standard InChI is InChI=1S/C21H27Cl2N3O3/c1-5-18-19(26-11-15(29-4)10-14(26)12-28-3)21(27)25(6-2)20(24-18)16-8-7-13(22)9-17(16)23/h7-9,14-15H,5-6,10-12H2,1-4H3/t14-,15+/m0/s1. The molecular formula is C21H27Cl2N3O3. The highest BCUT2D eigenvalue weighted by Gasteiger charge is 2.36. The van der Waals surface area contributed by atoms with Crippen LogP contribution in [0, 0.1) is 0 Å². The quantitative estimate of drug-likeness (QED) is 0.651. The van der Waals surface area contributed by atoms with Crippen molar-refractivity contribution in [3.63, 3.8) is 0 Å².